The molecular weight excluding hydrogens is 264 g/mol. The van der Waals surface area contributed by atoms with E-state index in [4.69, 9.17) is 15.2 Å². The molecule has 0 aliphatic carbocycles. The van der Waals surface area contributed by atoms with E-state index in [9.17, 15) is 14.4 Å². The second-order valence-corrected chi connectivity index (χ2v) is 3.87. The Labute approximate surface area is 116 Å². The molecule has 0 aromatic heterocycles. The summed E-state index contributed by atoms with van der Waals surface area (Å²) in [5.74, 6) is 0.0326. The number of imide groups is 1. The Kier molecular flexibility index (Phi) is 6.02. The molecule has 0 aliphatic heterocycles. The highest BCUT2D eigenvalue weighted by atomic mass is 16.5. The summed E-state index contributed by atoms with van der Waals surface area (Å²) in [4.78, 5) is 32.6. The van der Waals surface area contributed by atoms with E-state index < -0.39 is 18.5 Å². The molecule has 0 saturated carbocycles. The van der Waals surface area contributed by atoms with Crippen LogP contribution in [0.15, 0.2) is 18.2 Å². The predicted octanol–water partition coefficient (Wildman–Crippen LogP) is 0.862. The van der Waals surface area contributed by atoms with Gasteiger partial charge in [0.2, 0.25) is 0 Å². The van der Waals surface area contributed by atoms with Crippen molar-refractivity contribution in [1.82, 2.24) is 5.32 Å². The highest BCUT2D eigenvalue weighted by Gasteiger charge is 2.09. The Morgan fingerprint density at radius 2 is 2.10 bits per heavy atom. The first-order valence-electron chi connectivity index (χ1n) is 6.01. The Morgan fingerprint density at radius 3 is 2.70 bits per heavy atom. The highest BCUT2D eigenvalue weighted by molar-refractivity contribution is 5.94. The fourth-order valence-electron chi connectivity index (χ4n) is 1.36. The number of amides is 3. The Hall–Kier alpha value is -2.57. The summed E-state index contributed by atoms with van der Waals surface area (Å²) in [6.07, 6.45) is 1.44. The van der Waals surface area contributed by atoms with Crippen molar-refractivity contribution in [3.05, 3.63) is 23.8 Å². The summed E-state index contributed by atoms with van der Waals surface area (Å²) in [6.45, 7) is 2.06. The fraction of sp³-hybridized carbons (Fsp3) is 0.308. The van der Waals surface area contributed by atoms with Gasteiger partial charge in [-0.2, -0.15) is 0 Å². The number of rotatable bonds is 7. The molecule has 0 fully saturated rings. The minimum absolute atomic E-state index is 0.202. The third kappa shape index (κ3) is 4.97. The normalized spacial score (nSPS) is 9.65. The van der Waals surface area contributed by atoms with E-state index in [1.54, 1.807) is 6.07 Å². The minimum atomic E-state index is -0.964. The van der Waals surface area contributed by atoms with Gasteiger partial charge in [-0.25, -0.2) is 4.79 Å². The van der Waals surface area contributed by atoms with Gasteiger partial charge in [0.1, 0.15) is 11.5 Å². The summed E-state index contributed by atoms with van der Waals surface area (Å²) in [5, 5.41) is 1.85. The van der Waals surface area contributed by atoms with Crippen molar-refractivity contribution in [2.24, 2.45) is 5.73 Å². The first-order chi connectivity index (χ1) is 9.56. The summed E-state index contributed by atoms with van der Waals surface area (Å²) >= 11 is 0. The zero-order valence-electron chi connectivity index (χ0n) is 11.0. The van der Waals surface area contributed by atoms with Crippen LogP contribution >= 0.6 is 0 Å². The average Bonchev–Trinajstić information content (AvgIpc) is 2.42. The molecule has 0 atom stereocenters. The van der Waals surface area contributed by atoms with Crippen LogP contribution in [0.5, 0.6) is 11.5 Å². The predicted molar refractivity (Wildman–Crippen MR) is 70.8 cm³/mol. The zero-order chi connectivity index (χ0) is 15.0. The van der Waals surface area contributed by atoms with Crippen LogP contribution in [-0.2, 0) is 4.79 Å². The van der Waals surface area contributed by atoms with E-state index in [1.807, 2.05) is 12.2 Å². The Bertz CT molecular complexity index is 502. The van der Waals surface area contributed by atoms with Crippen molar-refractivity contribution in [2.75, 3.05) is 13.2 Å². The smallest absolute Gasteiger partial charge is 0.318 e. The number of hydrogen-bond donors (Lipinski definition) is 2. The number of carbonyl (C=O) groups is 3. The number of hydrogen-bond acceptors (Lipinski definition) is 5. The van der Waals surface area contributed by atoms with Gasteiger partial charge in [0.25, 0.3) is 5.91 Å². The van der Waals surface area contributed by atoms with Crippen molar-refractivity contribution in [3.63, 3.8) is 0 Å². The topological polar surface area (TPSA) is 108 Å². The molecule has 1 aromatic carbocycles. The van der Waals surface area contributed by atoms with Gasteiger partial charge in [-0.1, -0.05) is 6.92 Å². The van der Waals surface area contributed by atoms with Crippen LogP contribution in [0.4, 0.5) is 4.79 Å². The van der Waals surface area contributed by atoms with Crippen molar-refractivity contribution in [1.29, 1.82) is 0 Å². The summed E-state index contributed by atoms with van der Waals surface area (Å²) in [7, 11) is 0. The Balaban J connectivity index is 2.72. The molecule has 7 heteroatoms. The summed E-state index contributed by atoms with van der Waals surface area (Å²) in [6, 6.07) is 3.71. The molecule has 0 bridgehead atoms. The monoisotopic (exact) mass is 280 g/mol. The van der Waals surface area contributed by atoms with E-state index in [1.165, 1.54) is 12.1 Å². The first kappa shape index (κ1) is 15.5. The molecule has 0 saturated heterocycles. The number of nitrogens with two attached hydrogens (primary N) is 1. The molecular formula is C13H16N2O5. The lowest BCUT2D eigenvalue weighted by atomic mass is 10.2. The maximum atomic E-state index is 11.2. The maximum Gasteiger partial charge on any atom is 0.318 e. The van der Waals surface area contributed by atoms with Crippen LogP contribution in [0.2, 0.25) is 0 Å². The zero-order valence-corrected chi connectivity index (χ0v) is 11.0. The molecule has 1 aromatic rings. The number of aldehydes is 1. The van der Waals surface area contributed by atoms with E-state index in [2.05, 4.69) is 0 Å². The SMILES string of the molecule is CCCOc1ccc(C=O)c(OCC(=O)NC(N)=O)c1. The first-order valence-corrected chi connectivity index (χ1v) is 6.01. The van der Waals surface area contributed by atoms with Gasteiger partial charge in [-0.3, -0.25) is 14.9 Å². The maximum absolute atomic E-state index is 11.2. The van der Waals surface area contributed by atoms with Gasteiger partial charge in [-0.05, 0) is 18.6 Å². The third-order valence-corrected chi connectivity index (χ3v) is 2.21. The van der Waals surface area contributed by atoms with E-state index in [0.29, 0.717) is 18.6 Å². The molecule has 1 rings (SSSR count). The molecule has 3 amide bonds. The molecule has 108 valence electrons. The lowest BCUT2D eigenvalue weighted by Crippen LogP contribution is -2.38. The van der Waals surface area contributed by atoms with Gasteiger partial charge in [-0.15, -0.1) is 0 Å². The van der Waals surface area contributed by atoms with Crippen LogP contribution in [0, 0.1) is 0 Å². The number of primary amides is 1. The third-order valence-electron chi connectivity index (χ3n) is 2.21. The Morgan fingerprint density at radius 1 is 1.35 bits per heavy atom. The van der Waals surface area contributed by atoms with Gasteiger partial charge in [0.05, 0.1) is 12.2 Å². The number of carbonyl (C=O) groups excluding carboxylic acids is 3. The lowest BCUT2D eigenvalue weighted by Gasteiger charge is -2.10. The standard InChI is InChI=1S/C13H16N2O5/c1-2-5-19-10-4-3-9(7-16)11(6-10)20-8-12(17)15-13(14)18/h3-4,6-7H,2,5,8H2,1H3,(H3,14,15,17,18). The quantitative estimate of drug-likeness (QED) is 0.720. The van der Waals surface area contributed by atoms with Crippen LogP contribution in [0.3, 0.4) is 0 Å². The molecule has 3 N–H and O–H groups in total. The highest BCUT2D eigenvalue weighted by Crippen LogP contribution is 2.23. The van der Waals surface area contributed by atoms with Gasteiger partial charge >= 0.3 is 6.03 Å². The number of ether oxygens (including phenoxy) is 2. The molecule has 0 aliphatic rings. The van der Waals surface area contributed by atoms with E-state index >= 15 is 0 Å². The molecule has 7 nitrogen and oxygen atoms in total. The molecule has 20 heavy (non-hydrogen) atoms. The second-order valence-electron chi connectivity index (χ2n) is 3.87. The second kappa shape index (κ2) is 7.78. The van der Waals surface area contributed by atoms with E-state index in [0.717, 1.165) is 6.42 Å². The minimum Gasteiger partial charge on any atom is -0.493 e. The number of nitrogens with one attached hydrogen (secondary N) is 1. The number of urea groups is 1. The van der Waals surface area contributed by atoms with Crippen molar-refractivity contribution < 1.29 is 23.9 Å². The van der Waals surface area contributed by atoms with Crippen LogP contribution in [0.1, 0.15) is 23.7 Å². The molecule has 0 unspecified atom stereocenters. The van der Waals surface area contributed by atoms with Crippen LogP contribution in [0.25, 0.3) is 0 Å². The molecule has 0 heterocycles. The van der Waals surface area contributed by atoms with Crippen LogP contribution in [-0.4, -0.2) is 31.4 Å². The van der Waals surface area contributed by atoms with Gasteiger partial charge < -0.3 is 15.2 Å². The van der Waals surface area contributed by atoms with Crippen LogP contribution < -0.4 is 20.5 Å². The van der Waals surface area contributed by atoms with E-state index in [-0.39, 0.29) is 11.3 Å². The van der Waals surface area contributed by atoms with Crippen molar-refractivity contribution >= 4 is 18.2 Å². The van der Waals surface area contributed by atoms with Gasteiger partial charge in [0, 0.05) is 6.07 Å². The summed E-state index contributed by atoms with van der Waals surface area (Å²) < 4.78 is 10.6. The van der Waals surface area contributed by atoms with Crippen molar-refractivity contribution in [2.45, 2.75) is 13.3 Å². The van der Waals surface area contributed by atoms with Crippen molar-refractivity contribution in [3.8, 4) is 11.5 Å². The number of benzene rings is 1. The molecule has 0 spiro atoms. The van der Waals surface area contributed by atoms with Gasteiger partial charge in [0.15, 0.2) is 12.9 Å². The molecule has 0 radical (unpaired) electrons. The lowest BCUT2D eigenvalue weighted by molar-refractivity contribution is -0.121. The summed E-state index contributed by atoms with van der Waals surface area (Å²) in [5.41, 5.74) is 5.07. The average molecular weight is 280 g/mol. The largest absolute Gasteiger partial charge is 0.493 e. The fourth-order valence-corrected chi connectivity index (χ4v) is 1.36.